The number of hydrogen-bond acceptors (Lipinski definition) is 6. The van der Waals surface area contributed by atoms with Gasteiger partial charge in [-0.1, -0.05) is 13.8 Å². The molecule has 0 spiro atoms. The van der Waals surface area contributed by atoms with E-state index in [1.807, 2.05) is 13.8 Å². The maximum absolute atomic E-state index is 9.37. The topological polar surface area (TPSA) is 96.1 Å². The molecule has 1 aromatic rings. The third-order valence-corrected chi connectivity index (χ3v) is 2.86. The summed E-state index contributed by atoms with van der Waals surface area (Å²) in [6.45, 7) is 6.89. The molecule has 1 rings (SSSR count). The van der Waals surface area contributed by atoms with Crippen molar-refractivity contribution in [2.24, 2.45) is 0 Å². The minimum Gasteiger partial charge on any atom is -0.394 e. The maximum Gasteiger partial charge on any atom is 0.223 e. The van der Waals surface area contributed by atoms with E-state index in [0.29, 0.717) is 11.6 Å². The molecule has 0 saturated heterocycles. The second kappa shape index (κ2) is 6.39. The van der Waals surface area contributed by atoms with E-state index in [1.54, 1.807) is 6.07 Å². The van der Waals surface area contributed by atoms with E-state index < -0.39 is 5.54 Å². The third kappa shape index (κ3) is 4.03. The largest absolute Gasteiger partial charge is 0.394 e. The molecule has 0 bridgehead atoms. The number of hydrogen-bond donors (Lipinski definition) is 4. The zero-order valence-electron chi connectivity index (χ0n) is 11.3. The zero-order valence-corrected chi connectivity index (χ0v) is 11.3. The van der Waals surface area contributed by atoms with Crippen LogP contribution >= 0.6 is 0 Å². The lowest BCUT2D eigenvalue weighted by atomic mass is 10.0. The van der Waals surface area contributed by atoms with Gasteiger partial charge in [-0.25, -0.2) is 0 Å². The number of aromatic nitrogens is 2. The molecule has 6 heteroatoms. The summed E-state index contributed by atoms with van der Waals surface area (Å²) in [6, 6.07) is 1.80. The van der Waals surface area contributed by atoms with Gasteiger partial charge in [-0.05, 0) is 19.8 Å². The Balaban J connectivity index is 2.85. The number of nitrogens with zero attached hydrogens (tertiary/aromatic N) is 2. The fourth-order valence-corrected chi connectivity index (χ4v) is 1.42. The number of aliphatic hydroxyl groups excluding tert-OH is 1. The van der Waals surface area contributed by atoms with Crippen LogP contribution in [-0.4, -0.2) is 33.8 Å². The lowest BCUT2D eigenvalue weighted by Gasteiger charge is -2.28. The summed E-state index contributed by atoms with van der Waals surface area (Å²) in [4.78, 5) is 8.23. The van der Waals surface area contributed by atoms with Crippen LogP contribution in [0, 0.1) is 0 Å². The first-order valence-electron chi connectivity index (χ1n) is 6.30. The molecule has 0 amide bonds. The van der Waals surface area contributed by atoms with Gasteiger partial charge < -0.3 is 21.5 Å². The minimum absolute atomic E-state index is 0.0329. The number of aliphatic hydroxyl groups is 1. The van der Waals surface area contributed by atoms with E-state index in [-0.39, 0.29) is 12.6 Å². The molecule has 0 fully saturated rings. The highest BCUT2D eigenvalue weighted by atomic mass is 16.3. The Kier molecular flexibility index (Phi) is 5.15. The van der Waals surface area contributed by atoms with Gasteiger partial charge in [-0.15, -0.1) is 0 Å². The predicted octanol–water partition coefficient (Wildman–Crippen LogP) is 1.45. The first-order valence-corrected chi connectivity index (χ1v) is 6.30. The van der Waals surface area contributed by atoms with Gasteiger partial charge in [0.2, 0.25) is 5.95 Å². The molecular formula is C12H23N5O. The molecular weight excluding hydrogens is 230 g/mol. The summed E-state index contributed by atoms with van der Waals surface area (Å²) in [5.41, 5.74) is 5.27. The van der Waals surface area contributed by atoms with E-state index in [4.69, 9.17) is 5.73 Å². The van der Waals surface area contributed by atoms with Crippen molar-refractivity contribution in [3.8, 4) is 0 Å². The van der Waals surface area contributed by atoms with Crippen molar-refractivity contribution in [3.63, 3.8) is 0 Å². The van der Waals surface area contributed by atoms with E-state index in [1.165, 1.54) is 0 Å². The molecule has 0 aliphatic carbocycles. The number of nitrogens with two attached hydrogens (primary N) is 1. The maximum atomic E-state index is 9.37. The summed E-state index contributed by atoms with van der Waals surface area (Å²) in [7, 11) is 0. The Bertz CT molecular complexity index is 379. The average Bonchev–Trinajstić information content (AvgIpc) is 2.35. The van der Waals surface area contributed by atoms with Crippen LogP contribution in [-0.2, 0) is 0 Å². The van der Waals surface area contributed by atoms with E-state index in [0.717, 1.165) is 19.4 Å². The van der Waals surface area contributed by atoms with Crippen LogP contribution in [0.1, 0.15) is 33.6 Å². The summed E-state index contributed by atoms with van der Waals surface area (Å²) in [5.74, 6) is 1.54. The first-order chi connectivity index (χ1) is 8.53. The van der Waals surface area contributed by atoms with Crippen molar-refractivity contribution in [1.82, 2.24) is 9.97 Å². The van der Waals surface area contributed by atoms with Crippen LogP contribution in [0.25, 0.3) is 0 Å². The highest BCUT2D eigenvalue weighted by Crippen LogP contribution is 2.19. The number of anilines is 3. The molecule has 0 radical (unpaired) electrons. The summed E-state index contributed by atoms with van der Waals surface area (Å²) in [6.07, 6.45) is 1.79. The van der Waals surface area contributed by atoms with E-state index >= 15 is 0 Å². The molecule has 18 heavy (non-hydrogen) atoms. The van der Waals surface area contributed by atoms with Gasteiger partial charge in [-0.2, -0.15) is 9.97 Å². The molecule has 0 aliphatic heterocycles. The molecule has 102 valence electrons. The van der Waals surface area contributed by atoms with Gasteiger partial charge in [0.15, 0.2) is 0 Å². The van der Waals surface area contributed by atoms with E-state index in [9.17, 15) is 5.11 Å². The molecule has 1 aromatic heterocycles. The van der Waals surface area contributed by atoms with Crippen LogP contribution < -0.4 is 16.4 Å². The Morgan fingerprint density at radius 2 is 2.00 bits per heavy atom. The van der Waals surface area contributed by atoms with Crippen molar-refractivity contribution in [2.45, 2.75) is 39.2 Å². The lowest BCUT2D eigenvalue weighted by Crippen LogP contribution is -2.38. The van der Waals surface area contributed by atoms with Gasteiger partial charge in [0.05, 0.1) is 12.1 Å². The molecule has 6 nitrogen and oxygen atoms in total. The highest BCUT2D eigenvalue weighted by molar-refractivity contribution is 5.52. The van der Waals surface area contributed by atoms with Crippen LogP contribution in [0.15, 0.2) is 6.07 Å². The fraction of sp³-hybridized carbons (Fsp3) is 0.667. The SMILES string of the molecule is CCCNc1cc(NC(C)(CC)CO)nc(N)n1. The summed E-state index contributed by atoms with van der Waals surface area (Å²) >= 11 is 0. The minimum atomic E-state index is -0.400. The molecule has 0 aromatic carbocycles. The van der Waals surface area contributed by atoms with Gasteiger partial charge in [-0.3, -0.25) is 0 Å². The van der Waals surface area contributed by atoms with Crippen LogP contribution in [0.3, 0.4) is 0 Å². The number of rotatable bonds is 7. The van der Waals surface area contributed by atoms with Crippen molar-refractivity contribution in [3.05, 3.63) is 6.07 Å². The Labute approximate surface area is 108 Å². The average molecular weight is 253 g/mol. The Morgan fingerprint density at radius 1 is 1.33 bits per heavy atom. The first kappa shape index (κ1) is 14.5. The summed E-state index contributed by atoms with van der Waals surface area (Å²) < 4.78 is 0. The molecule has 1 atom stereocenters. The van der Waals surface area contributed by atoms with Crippen LogP contribution in [0.4, 0.5) is 17.6 Å². The smallest absolute Gasteiger partial charge is 0.223 e. The molecule has 0 saturated carbocycles. The van der Waals surface area contributed by atoms with Crippen LogP contribution in [0.2, 0.25) is 0 Å². The van der Waals surface area contributed by atoms with Crippen molar-refractivity contribution in [1.29, 1.82) is 0 Å². The van der Waals surface area contributed by atoms with Gasteiger partial charge >= 0.3 is 0 Å². The zero-order chi connectivity index (χ0) is 13.6. The van der Waals surface area contributed by atoms with Gasteiger partial charge in [0, 0.05) is 12.6 Å². The van der Waals surface area contributed by atoms with Crippen molar-refractivity contribution < 1.29 is 5.11 Å². The van der Waals surface area contributed by atoms with Crippen LogP contribution in [0.5, 0.6) is 0 Å². The molecule has 1 unspecified atom stereocenters. The quantitative estimate of drug-likeness (QED) is 0.587. The number of nitrogens with one attached hydrogen (secondary N) is 2. The number of nitrogen functional groups attached to an aromatic ring is 1. The monoisotopic (exact) mass is 253 g/mol. The van der Waals surface area contributed by atoms with Gasteiger partial charge in [0.25, 0.3) is 0 Å². The van der Waals surface area contributed by atoms with Gasteiger partial charge in [0.1, 0.15) is 11.6 Å². The second-order valence-corrected chi connectivity index (χ2v) is 4.62. The Morgan fingerprint density at radius 3 is 2.56 bits per heavy atom. The summed E-state index contributed by atoms with van der Waals surface area (Å²) in [5, 5.41) is 15.7. The van der Waals surface area contributed by atoms with E-state index in [2.05, 4.69) is 27.5 Å². The normalized spacial score (nSPS) is 14.0. The fourth-order valence-electron chi connectivity index (χ4n) is 1.42. The predicted molar refractivity (Wildman–Crippen MR) is 74.6 cm³/mol. The second-order valence-electron chi connectivity index (χ2n) is 4.62. The van der Waals surface area contributed by atoms with Crippen molar-refractivity contribution in [2.75, 3.05) is 29.5 Å². The standard InChI is InChI=1S/C12H23N5O/c1-4-6-14-9-7-10(16-11(13)15-9)17-12(3,5-2)8-18/h7,18H,4-6,8H2,1-3H3,(H4,13,14,15,16,17). The molecule has 0 aliphatic rings. The third-order valence-electron chi connectivity index (χ3n) is 2.86. The lowest BCUT2D eigenvalue weighted by molar-refractivity contribution is 0.218. The molecule has 5 N–H and O–H groups in total. The van der Waals surface area contributed by atoms with Crippen molar-refractivity contribution >= 4 is 17.6 Å². The Hall–Kier alpha value is -1.56. The molecule has 1 heterocycles. The highest BCUT2D eigenvalue weighted by Gasteiger charge is 2.21.